The summed E-state index contributed by atoms with van der Waals surface area (Å²) in [5, 5.41) is 8.84. The molecule has 6 nitrogen and oxygen atoms in total. The van der Waals surface area contributed by atoms with Gasteiger partial charge in [0.1, 0.15) is 6.10 Å². The highest BCUT2D eigenvalue weighted by Gasteiger charge is 2.25. The van der Waals surface area contributed by atoms with Gasteiger partial charge in [-0.3, -0.25) is 4.79 Å². The molecule has 0 aliphatic heterocycles. The van der Waals surface area contributed by atoms with E-state index in [0.717, 1.165) is 6.92 Å². The highest BCUT2D eigenvalue weighted by Crippen LogP contribution is 2.03. The highest BCUT2D eigenvalue weighted by atomic mass is 16.6. The molecule has 0 aliphatic rings. The van der Waals surface area contributed by atoms with Gasteiger partial charge in [0.2, 0.25) is 0 Å². The van der Waals surface area contributed by atoms with Crippen molar-refractivity contribution in [3.63, 3.8) is 0 Å². The second-order valence-electron chi connectivity index (χ2n) is 2.92. The fraction of sp³-hybridized carbons (Fsp3) is 0.667. The maximum Gasteiger partial charge on any atom is 0.355 e. The van der Waals surface area contributed by atoms with Gasteiger partial charge in [-0.15, -0.1) is 0 Å². The summed E-state index contributed by atoms with van der Waals surface area (Å²) in [7, 11) is 0. The Morgan fingerprint density at radius 3 is 2.13 bits per heavy atom. The van der Waals surface area contributed by atoms with E-state index in [1.54, 1.807) is 6.92 Å². The molecule has 0 spiro atoms. The summed E-state index contributed by atoms with van der Waals surface area (Å²) in [6, 6.07) is 0. The number of carbonyl (C=O) groups is 3. The molecule has 0 aromatic rings. The normalized spacial score (nSPS) is 13.9. The molecule has 0 aromatic heterocycles. The van der Waals surface area contributed by atoms with E-state index in [9.17, 15) is 14.4 Å². The Kier molecular flexibility index (Phi) is 5.54. The summed E-state index contributed by atoms with van der Waals surface area (Å²) >= 11 is 0. The molecule has 0 aromatic carbocycles. The zero-order valence-corrected chi connectivity index (χ0v) is 8.85. The number of rotatable bonds is 4. The fourth-order valence-corrected chi connectivity index (χ4v) is 0.744. The van der Waals surface area contributed by atoms with Crippen molar-refractivity contribution in [2.75, 3.05) is 0 Å². The van der Waals surface area contributed by atoms with Crippen LogP contribution in [-0.2, 0) is 23.9 Å². The molecule has 0 radical (unpaired) electrons. The molecule has 0 aliphatic carbocycles. The first-order valence-corrected chi connectivity index (χ1v) is 4.49. The van der Waals surface area contributed by atoms with E-state index in [1.165, 1.54) is 6.92 Å². The average molecular weight is 218 g/mol. The quantitative estimate of drug-likeness (QED) is 0.518. The maximum atomic E-state index is 11.1. The van der Waals surface area contributed by atoms with E-state index in [0.29, 0.717) is 0 Å². The first kappa shape index (κ1) is 13.6. The first-order valence-electron chi connectivity index (χ1n) is 4.49. The predicted octanol–water partition coefficient (Wildman–Crippen LogP) is -0.221. The van der Waals surface area contributed by atoms with Crippen LogP contribution >= 0.6 is 0 Å². The van der Waals surface area contributed by atoms with Crippen LogP contribution in [0.15, 0.2) is 0 Å². The number of aliphatic hydroxyl groups is 1. The van der Waals surface area contributed by atoms with Crippen molar-refractivity contribution in [2.45, 2.75) is 39.4 Å². The van der Waals surface area contributed by atoms with Crippen molar-refractivity contribution in [3.8, 4) is 0 Å². The third-order valence-electron chi connectivity index (χ3n) is 1.48. The maximum absolute atomic E-state index is 11.1. The van der Waals surface area contributed by atoms with Gasteiger partial charge in [0.25, 0.3) is 0 Å². The van der Waals surface area contributed by atoms with Gasteiger partial charge in [0.15, 0.2) is 6.10 Å². The van der Waals surface area contributed by atoms with Crippen LogP contribution < -0.4 is 0 Å². The van der Waals surface area contributed by atoms with E-state index in [-0.39, 0.29) is 6.42 Å². The molecule has 2 atom stereocenters. The van der Waals surface area contributed by atoms with E-state index in [1.807, 2.05) is 0 Å². The molecule has 0 heterocycles. The number of esters is 3. The minimum Gasteiger partial charge on any atom is -0.448 e. The lowest BCUT2D eigenvalue weighted by atomic mass is 10.3. The lowest BCUT2D eigenvalue weighted by Crippen LogP contribution is -2.33. The van der Waals surface area contributed by atoms with Crippen molar-refractivity contribution < 1.29 is 29.0 Å². The molecular weight excluding hydrogens is 204 g/mol. The molecule has 0 saturated heterocycles. The number of ether oxygens (including phenoxy) is 2. The average Bonchev–Trinajstić information content (AvgIpc) is 2.11. The van der Waals surface area contributed by atoms with Crippen LogP contribution in [0.1, 0.15) is 27.2 Å². The molecule has 0 fully saturated rings. The molecule has 0 rings (SSSR count). The molecular formula is C9H14O6. The van der Waals surface area contributed by atoms with Gasteiger partial charge in [0, 0.05) is 6.92 Å². The SMILES string of the molecule is CCC(OC(=O)C(C)O)C(=O)OC(C)=O. The van der Waals surface area contributed by atoms with Gasteiger partial charge in [-0.25, -0.2) is 9.59 Å². The van der Waals surface area contributed by atoms with Crippen LogP contribution in [0.25, 0.3) is 0 Å². The van der Waals surface area contributed by atoms with Crippen LogP contribution in [0.2, 0.25) is 0 Å². The lowest BCUT2D eigenvalue weighted by Gasteiger charge is -2.14. The second-order valence-corrected chi connectivity index (χ2v) is 2.92. The topological polar surface area (TPSA) is 89.9 Å². The molecule has 6 heteroatoms. The summed E-state index contributed by atoms with van der Waals surface area (Å²) in [5.74, 6) is -2.63. The van der Waals surface area contributed by atoms with Gasteiger partial charge < -0.3 is 14.6 Å². The molecule has 86 valence electrons. The monoisotopic (exact) mass is 218 g/mol. The van der Waals surface area contributed by atoms with E-state index in [4.69, 9.17) is 5.11 Å². The highest BCUT2D eigenvalue weighted by molar-refractivity contribution is 5.88. The van der Waals surface area contributed by atoms with Crippen molar-refractivity contribution >= 4 is 17.9 Å². The van der Waals surface area contributed by atoms with Crippen LogP contribution in [0, 0.1) is 0 Å². The summed E-state index contributed by atoms with van der Waals surface area (Å²) in [6.07, 6.45) is -2.30. The molecule has 0 saturated carbocycles. The number of hydrogen-bond donors (Lipinski definition) is 1. The predicted molar refractivity (Wildman–Crippen MR) is 48.6 cm³/mol. The third kappa shape index (κ3) is 5.11. The van der Waals surface area contributed by atoms with Gasteiger partial charge >= 0.3 is 17.9 Å². The largest absolute Gasteiger partial charge is 0.448 e. The fourth-order valence-electron chi connectivity index (χ4n) is 0.744. The van der Waals surface area contributed by atoms with Gasteiger partial charge in [-0.1, -0.05) is 6.92 Å². The van der Waals surface area contributed by atoms with Crippen molar-refractivity contribution in [1.82, 2.24) is 0 Å². The summed E-state index contributed by atoms with van der Waals surface area (Å²) < 4.78 is 8.86. The van der Waals surface area contributed by atoms with Crippen LogP contribution in [0.4, 0.5) is 0 Å². The van der Waals surface area contributed by atoms with Crippen LogP contribution in [0.3, 0.4) is 0 Å². The molecule has 15 heavy (non-hydrogen) atoms. The lowest BCUT2D eigenvalue weighted by molar-refractivity contribution is -0.176. The smallest absolute Gasteiger partial charge is 0.355 e. The Bertz CT molecular complexity index is 257. The third-order valence-corrected chi connectivity index (χ3v) is 1.48. The first-order chi connectivity index (χ1) is 6.88. The number of carbonyl (C=O) groups excluding carboxylic acids is 3. The minimum atomic E-state index is -1.32. The summed E-state index contributed by atoms with van der Waals surface area (Å²) in [6.45, 7) is 3.87. The molecule has 2 unspecified atom stereocenters. The Labute approximate surface area is 87.2 Å². The number of aliphatic hydroxyl groups excluding tert-OH is 1. The van der Waals surface area contributed by atoms with Crippen LogP contribution in [0.5, 0.6) is 0 Å². The number of hydrogen-bond acceptors (Lipinski definition) is 6. The van der Waals surface area contributed by atoms with Gasteiger partial charge in [-0.2, -0.15) is 0 Å². The molecule has 0 amide bonds. The Morgan fingerprint density at radius 2 is 1.80 bits per heavy atom. The zero-order valence-electron chi connectivity index (χ0n) is 8.85. The zero-order chi connectivity index (χ0) is 12.0. The van der Waals surface area contributed by atoms with Gasteiger partial charge in [-0.05, 0) is 13.3 Å². The second kappa shape index (κ2) is 6.13. The molecule has 1 N–H and O–H groups in total. The summed E-state index contributed by atoms with van der Waals surface area (Å²) in [4.78, 5) is 32.5. The van der Waals surface area contributed by atoms with E-state index < -0.39 is 30.1 Å². The Hall–Kier alpha value is -1.43. The Morgan fingerprint density at radius 1 is 1.27 bits per heavy atom. The summed E-state index contributed by atoms with van der Waals surface area (Å²) in [5.41, 5.74) is 0. The van der Waals surface area contributed by atoms with Crippen molar-refractivity contribution in [3.05, 3.63) is 0 Å². The van der Waals surface area contributed by atoms with Gasteiger partial charge in [0.05, 0.1) is 0 Å². The van der Waals surface area contributed by atoms with E-state index in [2.05, 4.69) is 9.47 Å². The Balaban J connectivity index is 4.30. The van der Waals surface area contributed by atoms with Crippen molar-refractivity contribution in [1.29, 1.82) is 0 Å². The van der Waals surface area contributed by atoms with E-state index >= 15 is 0 Å². The molecule has 0 bridgehead atoms. The van der Waals surface area contributed by atoms with Crippen LogP contribution in [-0.4, -0.2) is 35.2 Å². The standard InChI is InChI=1S/C9H14O6/c1-4-7(9(13)14-6(3)11)15-8(12)5(2)10/h5,7,10H,4H2,1-3H3. The minimum absolute atomic E-state index is 0.171. The van der Waals surface area contributed by atoms with Crippen molar-refractivity contribution in [2.24, 2.45) is 0 Å².